The van der Waals surface area contributed by atoms with Gasteiger partial charge in [0.2, 0.25) is 0 Å². The van der Waals surface area contributed by atoms with Gasteiger partial charge in [0.05, 0.1) is 0 Å². The first kappa shape index (κ1) is 11.5. The number of halogens is 1. The fourth-order valence-electron chi connectivity index (χ4n) is 2.10. The summed E-state index contributed by atoms with van der Waals surface area (Å²) in [5, 5.41) is 8.98. The highest BCUT2D eigenvalue weighted by molar-refractivity contribution is 9.10. The summed E-state index contributed by atoms with van der Waals surface area (Å²) in [5.74, 6) is -0.800. The van der Waals surface area contributed by atoms with Crippen LogP contribution in [0, 0.1) is 5.41 Å². The van der Waals surface area contributed by atoms with Crippen LogP contribution < -0.4 is 0 Å². The number of alkyl halides is 1. The predicted molar refractivity (Wildman–Crippen MR) is 60.6 cm³/mol. The zero-order valence-corrected chi connectivity index (χ0v) is 10.3. The van der Waals surface area contributed by atoms with E-state index in [0.717, 1.165) is 12.0 Å². The van der Waals surface area contributed by atoms with E-state index in [2.05, 4.69) is 22.0 Å². The molecule has 3 heteroatoms. The van der Waals surface area contributed by atoms with E-state index >= 15 is 0 Å². The molecule has 0 spiro atoms. The number of hydrogen-bond donors (Lipinski definition) is 1. The Hall–Kier alpha value is -0.570. The monoisotopic (exact) mass is 258 g/mol. The molecular formula is C11H15BrO2. The van der Waals surface area contributed by atoms with Crippen LogP contribution in [0.5, 0.6) is 0 Å². The van der Waals surface area contributed by atoms with E-state index in [-0.39, 0.29) is 5.41 Å². The van der Waals surface area contributed by atoms with Gasteiger partial charge >= 0.3 is 5.97 Å². The van der Waals surface area contributed by atoms with Crippen molar-refractivity contribution in [1.82, 2.24) is 0 Å². The van der Waals surface area contributed by atoms with E-state index in [1.165, 1.54) is 5.57 Å². The van der Waals surface area contributed by atoms with E-state index < -0.39 is 10.8 Å². The van der Waals surface area contributed by atoms with Crippen molar-refractivity contribution in [3.63, 3.8) is 0 Å². The Balaban J connectivity index is 2.98. The van der Waals surface area contributed by atoms with Crippen LogP contribution in [0.15, 0.2) is 23.3 Å². The summed E-state index contributed by atoms with van der Waals surface area (Å²) in [5.41, 5.74) is 2.06. The summed E-state index contributed by atoms with van der Waals surface area (Å²) in [4.78, 5) is 10.4. The first-order chi connectivity index (χ1) is 6.35. The summed E-state index contributed by atoms with van der Waals surface area (Å²) < 4.78 is 0. The number of allylic oxidation sites excluding steroid dienone is 4. The molecule has 2 atom stereocenters. The summed E-state index contributed by atoms with van der Waals surface area (Å²) in [7, 11) is 0. The van der Waals surface area contributed by atoms with Gasteiger partial charge in [-0.1, -0.05) is 46.2 Å². The van der Waals surface area contributed by atoms with E-state index in [9.17, 15) is 4.79 Å². The third-order valence-electron chi connectivity index (χ3n) is 2.49. The largest absolute Gasteiger partial charge is 0.480 e. The standard InChI is InChI=1S/C11H15BrO2/c1-7-4-8(2)6-11(3,5-7)9(12)10(13)14/h4-5,9H,6H2,1-3H3,(H,13,14). The molecule has 0 amide bonds. The molecule has 0 heterocycles. The second-order valence-corrected chi connectivity index (χ2v) is 5.18. The topological polar surface area (TPSA) is 37.3 Å². The van der Waals surface area contributed by atoms with Crippen LogP contribution >= 0.6 is 15.9 Å². The Morgan fingerprint density at radius 1 is 1.64 bits per heavy atom. The van der Waals surface area contributed by atoms with Gasteiger partial charge < -0.3 is 5.11 Å². The molecule has 1 N–H and O–H groups in total. The highest BCUT2D eigenvalue weighted by Gasteiger charge is 2.37. The lowest BCUT2D eigenvalue weighted by Crippen LogP contribution is -2.34. The number of carbonyl (C=O) groups is 1. The third kappa shape index (κ3) is 2.27. The zero-order chi connectivity index (χ0) is 10.9. The molecular weight excluding hydrogens is 244 g/mol. The van der Waals surface area contributed by atoms with Gasteiger partial charge in [0.15, 0.2) is 0 Å². The van der Waals surface area contributed by atoms with Gasteiger partial charge in [-0.2, -0.15) is 0 Å². The minimum atomic E-state index is -0.800. The Morgan fingerprint density at radius 3 is 2.64 bits per heavy atom. The maximum atomic E-state index is 10.9. The highest BCUT2D eigenvalue weighted by Crippen LogP contribution is 2.40. The molecule has 1 rings (SSSR count). The van der Waals surface area contributed by atoms with Crippen molar-refractivity contribution in [2.45, 2.75) is 32.0 Å². The van der Waals surface area contributed by atoms with Gasteiger partial charge in [0.25, 0.3) is 0 Å². The van der Waals surface area contributed by atoms with Crippen LogP contribution in [0.25, 0.3) is 0 Å². The second kappa shape index (κ2) is 3.89. The minimum absolute atomic E-state index is 0.311. The van der Waals surface area contributed by atoms with Crippen LogP contribution in [0.1, 0.15) is 27.2 Å². The Labute approximate surface area is 92.8 Å². The minimum Gasteiger partial charge on any atom is -0.480 e. The molecule has 0 aromatic rings. The average molecular weight is 259 g/mol. The van der Waals surface area contributed by atoms with Gasteiger partial charge in [-0.05, 0) is 20.3 Å². The molecule has 2 unspecified atom stereocenters. The summed E-state index contributed by atoms with van der Waals surface area (Å²) in [6, 6.07) is 0. The molecule has 2 nitrogen and oxygen atoms in total. The van der Waals surface area contributed by atoms with Crippen molar-refractivity contribution >= 4 is 21.9 Å². The molecule has 14 heavy (non-hydrogen) atoms. The second-order valence-electron chi connectivity index (χ2n) is 4.26. The Morgan fingerprint density at radius 2 is 2.21 bits per heavy atom. The molecule has 0 radical (unpaired) electrons. The van der Waals surface area contributed by atoms with Crippen LogP contribution in [0.4, 0.5) is 0 Å². The number of carboxylic acid groups (broad SMARTS) is 1. The van der Waals surface area contributed by atoms with Crippen LogP contribution in [0.2, 0.25) is 0 Å². The van der Waals surface area contributed by atoms with Gasteiger partial charge in [-0.3, -0.25) is 4.79 Å². The first-order valence-electron chi connectivity index (χ1n) is 4.59. The van der Waals surface area contributed by atoms with Gasteiger partial charge in [0.1, 0.15) is 4.83 Å². The van der Waals surface area contributed by atoms with E-state index in [1.54, 1.807) is 0 Å². The summed E-state index contributed by atoms with van der Waals surface area (Å²) >= 11 is 3.24. The number of hydrogen-bond acceptors (Lipinski definition) is 1. The van der Waals surface area contributed by atoms with Crippen molar-refractivity contribution in [3.8, 4) is 0 Å². The molecule has 0 saturated heterocycles. The Bertz CT molecular complexity index is 317. The molecule has 0 aromatic heterocycles. The van der Waals surface area contributed by atoms with Gasteiger partial charge in [-0.25, -0.2) is 0 Å². The summed E-state index contributed by atoms with van der Waals surface area (Å²) in [6.45, 7) is 6.01. The molecule has 0 aromatic carbocycles. The first-order valence-corrected chi connectivity index (χ1v) is 5.50. The third-order valence-corrected chi connectivity index (χ3v) is 3.92. The van der Waals surface area contributed by atoms with Crippen molar-refractivity contribution < 1.29 is 9.90 Å². The smallest absolute Gasteiger partial charge is 0.318 e. The van der Waals surface area contributed by atoms with E-state index in [0.29, 0.717) is 0 Å². The average Bonchev–Trinajstić information content (AvgIpc) is 1.99. The number of aliphatic carboxylic acids is 1. The van der Waals surface area contributed by atoms with Crippen LogP contribution in [-0.2, 0) is 4.79 Å². The van der Waals surface area contributed by atoms with Crippen molar-refractivity contribution in [2.24, 2.45) is 5.41 Å². The number of rotatable bonds is 2. The van der Waals surface area contributed by atoms with Crippen LogP contribution in [-0.4, -0.2) is 15.9 Å². The number of carboxylic acids is 1. The normalized spacial score (nSPS) is 29.1. The molecule has 1 aliphatic carbocycles. The summed E-state index contributed by atoms with van der Waals surface area (Å²) in [6.07, 6.45) is 4.93. The molecule has 0 aliphatic heterocycles. The quantitative estimate of drug-likeness (QED) is 0.773. The molecule has 0 bridgehead atoms. The van der Waals surface area contributed by atoms with E-state index in [1.807, 2.05) is 26.8 Å². The lowest BCUT2D eigenvalue weighted by Gasteiger charge is -2.32. The lowest BCUT2D eigenvalue weighted by molar-refractivity contribution is -0.137. The van der Waals surface area contributed by atoms with Crippen molar-refractivity contribution in [1.29, 1.82) is 0 Å². The predicted octanol–water partition coefficient (Wildman–Crippen LogP) is 3.14. The maximum Gasteiger partial charge on any atom is 0.318 e. The van der Waals surface area contributed by atoms with Crippen molar-refractivity contribution in [2.75, 3.05) is 0 Å². The van der Waals surface area contributed by atoms with Gasteiger partial charge in [0, 0.05) is 5.41 Å². The van der Waals surface area contributed by atoms with Crippen LogP contribution in [0.3, 0.4) is 0 Å². The molecule has 78 valence electrons. The lowest BCUT2D eigenvalue weighted by atomic mass is 9.76. The molecule has 0 fully saturated rings. The van der Waals surface area contributed by atoms with Gasteiger partial charge in [-0.15, -0.1) is 0 Å². The SMILES string of the molecule is CC1=CC(C)(C(Br)C(=O)O)CC(C)=C1. The Kier molecular flexibility index (Phi) is 3.20. The molecule has 0 saturated carbocycles. The highest BCUT2D eigenvalue weighted by atomic mass is 79.9. The maximum absolute atomic E-state index is 10.9. The van der Waals surface area contributed by atoms with Crippen molar-refractivity contribution in [3.05, 3.63) is 23.3 Å². The fraction of sp³-hybridized carbons (Fsp3) is 0.545. The molecule has 1 aliphatic rings. The fourth-order valence-corrected chi connectivity index (χ4v) is 2.39. The van der Waals surface area contributed by atoms with E-state index in [4.69, 9.17) is 5.11 Å². The zero-order valence-electron chi connectivity index (χ0n) is 8.67.